The van der Waals surface area contributed by atoms with Gasteiger partial charge >= 0.3 is 0 Å². The summed E-state index contributed by atoms with van der Waals surface area (Å²) < 4.78 is 0. The van der Waals surface area contributed by atoms with E-state index in [0.717, 1.165) is 38.0 Å². The third-order valence-electron chi connectivity index (χ3n) is 2.75. The Balaban J connectivity index is 2.09. The van der Waals surface area contributed by atoms with Crippen molar-refractivity contribution in [1.29, 1.82) is 0 Å². The SMILES string of the molecule is OC1CCCN(c2cncc(Cl)c2)CC1. The molecule has 1 atom stereocenters. The van der Waals surface area contributed by atoms with Crippen LogP contribution in [0.3, 0.4) is 0 Å². The maximum atomic E-state index is 9.54. The van der Waals surface area contributed by atoms with E-state index in [-0.39, 0.29) is 6.10 Å². The number of hydrogen-bond acceptors (Lipinski definition) is 3. The second kappa shape index (κ2) is 4.81. The molecule has 1 aliphatic rings. The van der Waals surface area contributed by atoms with Gasteiger partial charge in [-0.3, -0.25) is 4.98 Å². The van der Waals surface area contributed by atoms with Gasteiger partial charge in [0.2, 0.25) is 0 Å². The molecule has 1 aromatic heterocycles. The summed E-state index contributed by atoms with van der Waals surface area (Å²) in [4.78, 5) is 6.30. The van der Waals surface area contributed by atoms with Gasteiger partial charge in [0.25, 0.3) is 0 Å². The standard InChI is InChI=1S/C11H15ClN2O/c12-9-6-10(8-13-7-9)14-4-1-2-11(15)3-5-14/h6-8,11,15H,1-5H2. The Morgan fingerprint density at radius 2 is 2.20 bits per heavy atom. The molecule has 1 aromatic rings. The Bertz CT molecular complexity index is 332. The average Bonchev–Trinajstić information content (AvgIpc) is 2.43. The Hall–Kier alpha value is -0.800. The van der Waals surface area contributed by atoms with Crippen LogP contribution in [0.5, 0.6) is 0 Å². The molecule has 2 heterocycles. The molecule has 0 radical (unpaired) electrons. The predicted molar refractivity (Wildman–Crippen MR) is 61.3 cm³/mol. The molecule has 3 nitrogen and oxygen atoms in total. The maximum Gasteiger partial charge on any atom is 0.0609 e. The largest absolute Gasteiger partial charge is 0.393 e. The van der Waals surface area contributed by atoms with E-state index in [1.807, 2.05) is 12.3 Å². The van der Waals surface area contributed by atoms with E-state index < -0.39 is 0 Å². The molecule has 0 bridgehead atoms. The number of rotatable bonds is 1. The van der Waals surface area contributed by atoms with Crippen molar-refractivity contribution in [2.24, 2.45) is 0 Å². The highest BCUT2D eigenvalue weighted by molar-refractivity contribution is 6.30. The van der Waals surface area contributed by atoms with Crippen molar-refractivity contribution in [3.63, 3.8) is 0 Å². The van der Waals surface area contributed by atoms with Crippen LogP contribution >= 0.6 is 11.6 Å². The third-order valence-corrected chi connectivity index (χ3v) is 2.96. The molecule has 0 aliphatic carbocycles. The first kappa shape index (κ1) is 10.7. The van der Waals surface area contributed by atoms with Crippen molar-refractivity contribution in [3.05, 3.63) is 23.5 Å². The number of pyridine rings is 1. The predicted octanol–water partition coefficient (Wildman–Crippen LogP) is 2.09. The molecule has 0 spiro atoms. The number of aliphatic hydroxyl groups excluding tert-OH is 1. The molecule has 0 amide bonds. The van der Waals surface area contributed by atoms with Gasteiger partial charge in [-0.15, -0.1) is 0 Å². The van der Waals surface area contributed by atoms with Gasteiger partial charge in [0.1, 0.15) is 0 Å². The van der Waals surface area contributed by atoms with Crippen molar-refractivity contribution < 1.29 is 5.11 Å². The van der Waals surface area contributed by atoms with Crippen LogP contribution in [0.2, 0.25) is 5.02 Å². The van der Waals surface area contributed by atoms with Crippen molar-refractivity contribution >= 4 is 17.3 Å². The molecule has 1 saturated heterocycles. The molecular weight excluding hydrogens is 212 g/mol. The lowest BCUT2D eigenvalue weighted by Crippen LogP contribution is -2.24. The third kappa shape index (κ3) is 2.83. The summed E-state index contributed by atoms with van der Waals surface area (Å²) in [5, 5.41) is 10.2. The molecule has 1 aliphatic heterocycles. The highest BCUT2D eigenvalue weighted by atomic mass is 35.5. The van der Waals surface area contributed by atoms with Crippen LogP contribution in [0.15, 0.2) is 18.5 Å². The maximum absolute atomic E-state index is 9.54. The zero-order chi connectivity index (χ0) is 10.7. The minimum Gasteiger partial charge on any atom is -0.393 e. The van der Waals surface area contributed by atoms with Crippen LogP contribution < -0.4 is 4.90 Å². The first-order valence-corrected chi connectivity index (χ1v) is 5.67. The normalized spacial score (nSPS) is 22.5. The van der Waals surface area contributed by atoms with E-state index in [1.54, 1.807) is 6.20 Å². The number of aliphatic hydroxyl groups is 1. The second-order valence-electron chi connectivity index (χ2n) is 3.93. The highest BCUT2D eigenvalue weighted by Gasteiger charge is 2.15. The smallest absolute Gasteiger partial charge is 0.0609 e. The van der Waals surface area contributed by atoms with Crippen LogP contribution in [0, 0.1) is 0 Å². The highest BCUT2D eigenvalue weighted by Crippen LogP contribution is 2.21. The summed E-state index contributed by atoms with van der Waals surface area (Å²) in [7, 11) is 0. The lowest BCUT2D eigenvalue weighted by atomic mass is 10.2. The minimum absolute atomic E-state index is 0.151. The Morgan fingerprint density at radius 1 is 1.33 bits per heavy atom. The van der Waals surface area contributed by atoms with E-state index in [4.69, 9.17) is 11.6 Å². The summed E-state index contributed by atoms with van der Waals surface area (Å²) in [5.41, 5.74) is 1.05. The molecule has 0 saturated carbocycles. The molecule has 1 unspecified atom stereocenters. The summed E-state index contributed by atoms with van der Waals surface area (Å²) in [6, 6.07) is 1.92. The number of hydrogen-bond donors (Lipinski definition) is 1. The number of halogens is 1. The molecule has 82 valence electrons. The van der Waals surface area contributed by atoms with E-state index in [0.29, 0.717) is 5.02 Å². The summed E-state index contributed by atoms with van der Waals surface area (Å²) in [6.45, 7) is 1.85. The Labute approximate surface area is 94.7 Å². The summed E-state index contributed by atoms with van der Waals surface area (Å²) in [5.74, 6) is 0. The average molecular weight is 227 g/mol. The Kier molecular flexibility index (Phi) is 3.44. The fraction of sp³-hybridized carbons (Fsp3) is 0.545. The topological polar surface area (TPSA) is 36.4 Å². The second-order valence-corrected chi connectivity index (χ2v) is 4.37. The first-order valence-electron chi connectivity index (χ1n) is 5.29. The molecule has 4 heteroatoms. The lowest BCUT2D eigenvalue weighted by Gasteiger charge is -2.22. The van der Waals surface area contributed by atoms with Crippen LogP contribution in [0.25, 0.3) is 0 Å². The summed E-state index contributed by atoms with van der Waals surface area (Å²) >= 11 is 5.89. The van der Waals surface area contributed by atoms with Crippen molar-refractivity contribution in [3.8, 4) is 0 Å². The van der Waals surface area contributed by atoms with Crippen LogP contribution in [-0.4, -0.2) is 29.3 Å². The van der Waals surface area contributed by atoms with Gasteiger partial charge in [0.15, 0.2) is 0 Å². The fourth-order valence-electron chi connectivity index (χ4n) is 1.91. The monoisotopic (exact) mass is 226 g/mol. The molecule has 15 heavy (non-hydrogen) atoms. The van der Waals surface area contributed by atoms with Crippen LogP contribution in [-0.2, 0) is 0 Å². The number of nitrogens with zero attached hydrogens (tertiary/aromatic N) is 2. The van der Waals surface area contributed by atoms with E-state index in [9.17, 15) is 5.11 Å². The van der Waals surface area contributed by atoms with Gasteiger partial charge in [-0.05, 0) is 25.3 Å². The van der Waals surface area contributed by atoms with Crippen molar-refractivity contribution in [1.82, 2.24) is 4.98 Å². The zero-order valence-corrected chi connectivity index (χ0v) is 9.32. The van der Waals surface area contributed by atoms with E-state index >= 15 is 0 Å². The number of anilines is 1. The van der Waals surface area contributed by atoms with Crippen molar-refractivity contribution in [2.45, 2.75) is 25.4 Å². The first-order chi connectivity index (χ1) is 7.25. The van der Waals surface area contributed by atoms with Gasteiger partial charge in [-0.25, -0.2) is 0 Å². The van der Waals surface area contributed by atoms with Crippen LogP contribution in [0.4, 0.5) is 5.69 Å². The zero-order valence-electron chi connectivity index (χ0n) is 8.56. The molecule has 1 N–H and O–H groups in total. The van der Waals surface area contributed by atoms with E-state index in [1.165, 1.54) is 0 Å². The van der Waals surface area contributed by atoms with Crippen LogP contribution in [0.1, 0.15) is 19.3 Å². The molecule has 0 aromatic carbocycles. The van der Waals surface area contributed by atoms with Gasteiger partial charge in [-0.1, -0.05) is 11.6 Å². The molecular formula is C11H15ClN2O. The lowest BCUT2D eigenvalue weighted by molar-refractivity contribution is 0.161. The fourth-order valence-corrected chi connectivity index (χ4v) is 2.08. The van der Waals surface area contributed by atoms with Crippen molar-refractivity contribution in [2.75, 3.05) is 18.0 Å². The Morgan fingerprint density at radius 3 is 3.00 bits per heavy atom. The quantitative estimate of drug-likeness (QED) is 0.797. The summed E-state index contributed by atoms with van der Waals surface area (Å²) in [6.07, 6.45) is 6.05. The minimum atomic E-state index is -0.151. The van der Waals surface area contributed by atoms with Gasteiger partial charge in [-0.2, -0.15) is 0 Å². The van der Waals surface area contributed by atoms with Gasteiger partial charge < -0.3 is 10.0 Å². The van der Waals surface area contributed by atoms with E-state index in [2.05, 4.69) is 9.88 Å². The molecule has 2 rings (SSSR count). The molecule has 1 fully saturated rings. The van der Waals surface area contributed by atoms with Gasteiger partial charge in [0, 0.05) is 19.3 Å². The van der Waals surface area contributed by atoms with Gasteiger partial charge in [0.05, 0.1) is 23.0 Å². The number of aromatic nitrogens is 1.